The van der Waals surface area contributed by atoms with Gasteiger partial charge in [-0.3, -0.25) is 14.2 Å². The zero-order chi connectivity index (χ0) is 24.5. The highest BCUT2D eigenvalue weighted by atomic mass is 35.5. The number of rotatable bonds is 6. The van der Waals surface area contributed by atoms with Crippen LogP contribution in [0.1, 0.15) is 20.9 Å². The Kier molecular flexibility index (Phi) is 6.42. The van der Waals surface area contributed by atoms with Gasteiger partial charge in [-0.2, -0.15) is 0 Å². The third kappa shape index (κ3) is 4.86. The highest BCUT2D eigenvalue weighted by molar-refractivity contribution is 7.18. The Bertz CT molecular complexity index is 1410. The first-order valence-electron chi connectivity index (χ1n) is 11.0. The van der Waals surface area contributed by atoms with Crippen LogP contribution < -0.4 is 10.2 Å². The average Bonchev–Trinajstić information content (AvgIpc) is 3.58. The van der Waals surface area contributed by atoms with Crippen LogP contribution in [0.5, 0.6) is 0 Å². The first kappa shape index (κ1) is 23.3. The molecule has 1 N–H and O–H groups in total. The van der Waals surface area contributed by atoms with E-state index in [0.29, 0.717) is 39.6 Å². The number of ether oxygens (including phenoxy) is 1. The molecule has 0 aliphatic carbocycles. The highest BCUT2D eigenvalue weighted by Gasteiger charge is 2.22. The third-order valence-electron chi connectivity index (χ3n) is 5.65. The first-order chi connectivity index (χ1) is 16.9. The van der Waals surface area contributed by atoms with Crippen molar-refractivity contribution in [2.24, 2.45) is 7.05 Å². The summed E-state index contributed by atoms with van der Waals surface area (Å²) in [7, 11) is 1.90. The largest absolute Gasteiger partial charge is 0.370 e. The molecule has 0 atom stereocenters. The molecule has 1 aromatic carbocycles. The normalized spacial score (nSPS) is 13.9. The average molecular weight is 511 g/mol. The molecule has 0 unspecified atom stereocenters. The van der Waals surface area contributed by atoms with E-state index in [1.165, 1.54) is 11.3 Å². The summed E-state index contributed by atoms with van der Waals surface area (Å²) < 4.78 is 9.63. The number of amides is 2. The van der Waals surface area contributed by atoms with Gasteiger partial charge >= 0.3 is 0 Å². The molecule has 4 aromatic rings. The molecular weight excluding hydrogens is 488 g/mol. The minimum absolute atomic E-state index is 0.0473. The summed E-state index contributed by atoms with van der Waals surface area (Å²) in [5.74, 6) is 0.406. The van der Waals surface area contributed by atoms with Gasteiger partial charge in [0.05, 0.1) is 34.4 Å². The summed E-state index contributed by atoms with van der Waals surface area (Å²) >= 11 is 7.18. The molecule has 4 heterocycles. The summed E-state index contributed by atoms with van der Waals surface area (Å²) in [6.45, 7) is 3.37. The van der Waals surface area contributed by atoms with Gasteiger partial charge < -0.3 is 19.5 Å². The molecule has 0 spiro atoms. The van der Waals surface area contributed by atoms with Gasteiger partial charge in [0.25, 0.3) is 11.8 Å². The number of nitrogens with one attached hydrogen (secondary N) is 1. The SMILES string of the molecule is Cc1cc(-n2cc(CNC(=O)c3ccc(Cl)s3)nc2-c2cn(C)cn2)ccc1N1CCOCC1=O. The van der Waals surface area contributed by atoms with Crippen molar-refractivity contribution in [3.05, 3.63) is 69.5 Å². The summed E-state index contributed by atoms with van der Waals surface area (Å²) in [6.07, 6.45) is 5.50. The Morgan fingerprint density at radius 3 is 2.80 bits per heavy atom. The van der Waals surface area contributed by atoms with Crippen LogP contribution in [0.25, 0.3) is 17.2 Å². The van der Waals surface area contributed by atoms with Crippen molar-refractivity contribution < 1.29 is 14.3 Å². The molecule has 180 valence electrons. The number of benzene rings is 1. The Labute approximate surface area is 210 Å². The number of imidazole rings is 2. The lowest BCUT2D eigenvalue weighted by molar-refractivity contribution is -0.125. The van der Waals surface area contributed by atoms with Crippen LogP contribution in [0, 0.1) is 6.92 Å². The number of carbonyl (C=O) groups excluding carboxylic acids is 2. The lowest BCUT2D eigenvalue weighted by atomic mass is 10.1. The Morgan fingerprint density at radius 1 is 1.26 bits per heavy atom. The second-order valence-corrected chi connectivity index (χ2v) is 9.92. The number of hydrogen-bond donors (Lipinski definition) is 1. The lowest BCUT2D eigenvalue weighted by Crippen LogP contribution is -2.42. The van der Waals surface area contributed by atoms with Crippen LogP contribution in [0.3, 0.4) is 0 Å². The number of halogens is 1. The van der Waals surface area contributed by atoms with E-state index in [1.54, 1.807) is 23.4 Å². The zero-order valence-electron chi connectivity index (χ0n) is 19.2. The van der Waals surface area contributed by atoms with Gasteiger partial charge in [0.15, 0.2) is 5.82 Å². The molecule has 1 aliphatic heterocycles. The van der Waals surface area contributed by atoms with Gasteiger partial charge in [-0.05, 0) is 42.8 Å². The van der Waals surface area contributed by atoms with Crippen molar-refractivity contribution >= 4 is 40.4 Å². The molecule has 0 bridgehead atoms. The Balaban J connectivity index is 1.45. The Morgan fingerprint density at radius 2 is 2.11 bits per heavy atom. The maximum Gasteiger partial charge on any atom is 0.261 e. The van der Waals surface area contributed by atoms with Crippen LogP contribution in [0.2, 0.25) is 4.34 Å². The molecule has 35 heavy (non-hydrogen) atoms. The number of aromatic nitrogens is 4. The molecule has 1 fully saturated rings. The second-order valence-electron chi connectivity index (χ2n) is 8.21. The summed E-state index contributed by atoms with van der Waals surface area (Å²) in [6, 6.07) is 9.31. The fourth-order valence-corrected chi connectivity index (χ4v) is 4.94. The predicted octanol–water partition coefficient (Wildman–Crippen LogP) is 3.59. The molecule has 5 rings (SSSR count). The maximum atomic E-state index is 12.5. The molecule has 0 radical (unpaired) electrons. The second kappa shape index (κ2) is 9.65. The van der Waals surface area contributed by atoms with E-state index in [-0.39, 0.29) is 25.0 Å². The van der Waals surface area contributed by atoms with Crippen molar-refractivity contribution in [2.75, 3.05) is 24.7 Å². The van der Waals surface area contributed by atoms with Gasteiger partial charge in [-0.15, -0.1) is 11.3 Å². The van der Waals surface area contributed by atoms with Crippen molar-refractivity contribution in [1.82, 2.24) is 24.4 Å². The van der Waals surface area contributed by atoms with Crippen molar-refractivity contribution in [3.8, 4) is 17.2 Å². The van der Waals surface area contributed by atoms with E-state index >= 15 is 0 Å². The minimum atomic E-state index is -0.203. The van der Waals surface area contributed by atoms with Gasteiger partial charge in [0.1, 0.15) is 12.3 Å². The van der Waals surface area contributed by atoms with Crippen LogP contribution in [0.4, 0.5) is 5.69 Å². The molecule has 3 aromatic heterocycles. The van der Waals surface area contributed by atoms with Gasteiger partial charge in [-0.25, -0.2) is 9.97 Å². The smallest absolute Gasteiger partial charge is 0.261 e. The van der Waals surface area contributed by atoms with E-state index in [9.17, 15) is 9.59 Å². The molecular formula is C24H23ClN6O3S. The van der Waals surface area contributed by atoms with Gasteiger partial charge in [0.2, 0.25) is 0 Å². The summed E-state index contributed by atoms with van der Waals surface area (Å²) in [5, 5.41) is 2.90. The fourth-order valence-electron chi connectivity index (χ4n) is 3.98. The van der Waals surface area contributed by atoms with E-state index < -0.39 is 0 Å². The zero-order valence-corrected chi connectivity index (χ0v) is 20.8. The fraction of sp³-hybridized carbons (Fsp3) is 0.250. The van der Waals surface area contributed by atoms with E-state index in [2.05, 4.69) is 10.3 Å². The molecule has 0 saturated carbocycles. The first-order valence-corrected chi connectivity index (χ1v) is 12.2. The third-order valence-corrected chi connectivity index (χ3v) is 6.88. The quantitative estimate of drug-likeness (QED) is 0.428. The number of carbonyl (C=O) groups is 2. The predicted molar refractivity (Wildman–Crippen MR) is 134 cm³/mol. The summed E-state index contributed by atoms with van der Waals surface area (Å²) in [5.41, 5.74) is 4.10. The number of nitrogens with zero attached hydrogens (tertiary/aromatic N) is 5. The van der Waals surface area contributed by atoms with Gasteiger partial charge in [-0.1, -0.05) is 11.6 Å². The Hall–Kier alpha value is -3.47. The maximum absolute atomic E-state index is 12.5. The van der Waals surface area contributed by atoms with Crippen LogP contribution >= 0.6 is 22.9 Å². The van der Waals surface area contributed by atoms with Gasteiger partial charge in [0, 0.05) is 37.4 Å². The minimum Gasteiger partial charge on any atom is -0.370 e. The lowest BCUT2D eigenvalue weighted by Gasteiger charge is -2.28. The van der Waals surface area contributed by atoms with E-state index in [0.717, 1.165) is 16.9 Å². The van der Waals surface area contributed by atoms with Crippen molar-refractivity contribution in [1.29, 1.82) is 0 Å². The number of morpholine rings is 1. The number of aryl methyl sites for hydroxylation is 2. The molecule has 1 saturated heterocycles. The van der Waals surface area contributed by atoms with Crippen molar-refractivity contribution in [2.45, 2.75) is 13.5 Å². The highest BCUT2D eigenvalue weighted by Crippen LogP contribution is 2.28. The molecule has 9 nitrogen and oxygen atoms in total. The summed E-state index contributed by atoms with van der Waals surface area (Å²) in [4.78, 5) is 36.3. The van der Waals surface area contributed by atoms with Crippen LogP contribution in [0.15, 0.2) is 49.1 Å². The molecule has 2 amide bonds. The topological polar surface area (TPSA) is 94.3 Å². The van der Waals surface area contributed by atoms with E-state index in [1.807, 2.05) is 53.7 Å². The molecule has 11 heteroatoms. The van der Waals surface area contributed by atoms with E-state index in [4.69, 9.17) is 21.3 Å². The van der Waals surface area contributed by atoms with Crippen LogP contribution in [-0.4, -0.2) is 50.7 Å². The van der Waals surface area contributed by atoms with Crippen molar-refractivity contribution in [3.63, 3.8) is 0 Å². The molecule has 1 aliphatic rings. The standard InChI is InChI=1S/C24H23ClN6O3S/c1-15-9-17(3-4-19(15)30-7-8-34-13-22(30)32)31-11-16(28-23(31)18-12-29(2)14-27-18)10-26-24(33)20-5-6-21(25)35-20/h3-6,9,11-12,14H,7-8,10,13H2,1-2H3,(H,26,33). The monoisotopic (exact) mass is 510 g/mol. The number of hydrogen-bond acceptors (Lipinski definition) is 6. The number of thiophene rings is 1. The van der Waals surface area contributed by atoms with Crippen LogP contribution in [-0.2, 0) is 23.1 Å². The number of anilines is 1.